The molecule has 0 unspecified atom stereocenters. The predicted octanol–water partition coefficient (Wildman–Crippen LogP) is 4.92. The Hall–Kier alpha value is -4.33. The van der Waals surface area contributed by atoms with Crippen molar-refractivity contribution in [1.29, 1.82) is 0 Å². The predicted molar refractivity (Wildman–Crippen MR) is 123 cm³/mol. The molecule has 8 heteroatoms. The van der Waals surface area contributed by atoms with E-state index in [9.17, 15) is 4.79 Å². The van der Waals surface area contributed by atoms with Crippen molar-refractivity contribution in [2.75, 3.05) is 0 Å². The van der Waals surface area contributed by atoms with Crippen molar-refractivity contribution in [3.63, 3.8) is 0 Å². The van der Waals surface area contributed by atoms with Crippen molar-refractivity contribution in [2.24, 2.45) is 17.3 Å². The van der Waals surface area contributed by atoms with Gasteiger partial charge in [-0.25, -0.2) is 14.2 Å². The smallest absolute Gasteiger partial charge is 0.283 e. The van der Waals surface area contributed by atoms with E-state index in [0.29, 0.717) is 17.0 Å². The van der Waals surface area contributed by atoms with Crippen molar-refractivity contribution in [3.05, 3.63) is 94.7 Å². The number of hydrogen-bond donors (Lipinski definition) is 0. The van der Waals surface area contributed by atoms with Crippen LogP contribution in [0.4, 0.5) is 11.4 Å². The molecule has 32 heavy (non-hydrogen) atoms. The Labute approximate surface area is 184 Å². The summed E-state index contributed by atoms with van der Waals surface area (Å²) in [4.78, 5) is 17.6. The van der Waals surface area contributed by atoms with Crippen LogP contribution in [0, 0.1) is 13.8 Å². The quantitative estimate of drug-likeness (QED) is 0.385. The van der Waals surface area contributed by atoms with Gasteiger partial charge in [0, 0.05) is 18.8 Å². The number of benzene rings is 2. The van der Waals surface area contributed by atoms with E-state index in [1.165, 1.54) is 0 Å². The summed E-state index contributed by atoms with van der Waals surface area (Å²) in [7, 11) is 1.83. The van der Waals surface area contributed by atoms with Gasteiger partial charge in [0.2, 0.25) is 0 Å². The van der Waals surface area contributed by atoms with E-state index < -0.39 is 0 Å². The molecule has 3 heterocycles. The maximum atomic E-state index is 13.1. The Balaban J connectivity index is 1.62. The fraction of sp³-hybridized carbons (Fsp3) is 0.125. The average molecular weight is 423 g/mol. The molecule has 0 aliphatic heterocycles. The Morgan fingerprint density at radius 2 is 1.50 bits per heavy atom. The van der Waals surface area contributed by atoms with Crippen LogP contribution < -0.4 is 5.56 Å². The lowest BCUT2D eigenvalue weighted by atomic mass is 10.1. The Kier molecular flexibility index (Phi) is 4.74. The summed E-state index contributed by atoms with van der Waals surface area (Å²) in [5.74, 6) is 0. The number of aromatic nitrogens is 5. The van der Waals surface area contributed by atoms with Crippen LogP contribution in [-0.4, -0.2) is 24.0 Å². The average Bonchev–Trinajstić information content (AvgIpc) is 3.25. The van der Waals surface area contributed by atoms with Crippen LogP contribution in [0.15, 0.2) is 87.9 Å². The molecule has 3 aromatic heterocycles. The number of rotatable bonds is 4. The minimum Gasteiger partial charge on any atom is -0.283 e. The molecule has 0 spiro atoms. The molecule has 2 aromatic carbocycles. The standard InChI is InChI=1S/C24H21N7O/c1-16-21(23-25-15-14-20(30(23)28-16)18-10-6-4-7-11-18)26-27-22-17(2)29(3)31(24(22)32)19-12-8-5-9-13-19/h4-15H,1-3H3. The third-order valence-corrected chi connectivity index (χ3v) is 5.51. The zero-order valence-electron chi connectivity index (χ0n) is 18.0. The first-order chi connectivity index (χ1) is 15.6. The maximum absolute atomic E-state index is 13.1. The van der Waals surface area contributed by atoms with Crippen molar-refractivity contribution in [1.82, 2.24) is 24.0 Å². The molecule has 0 saturated heterocycles. The second-order valence-electron chi connectivity index (χ2n) is 7.48. The van der Waals surface area contributed by atoms with Gasteiger partial charge in [-0.2, -0.15) is 5.10 Å². The number of azo groups is 1. The van der Waals surface area contributed by atoms with E-state index in [2.05, 4.69) is 20.3 Å². The molecule has 0 atom stereocenters. The van der Waals surface area contributed by atoms with Crippen LogP contribution in [0.5, 0.6) is 0 Å². The van der Waals surface area contributed by atoms with Crippen molar-refractivity contribution < 1.29 is 0 Å². The summed E-state index contributed by atoms with van der Waals surface area (Å²) < 4.78 is 5.12. The first-order valence-corrected chi connectivity index (χ1v) is 10.2. The highest BCUT2D eigenvalue weighted by Gasteiger charge is 2.18. The molecule has 0 bridgehead atoms. The summed E-state index contributed by atoms with van der Waals surface area (Å²) in [6, 6.07) is 21.3. The third-order valence-electron chi connectivity index (χ3n) is 5.51. The van der Waals surface area contributed by atoms with Crippen LogP contribution in [-0.2, 0) is 7.05 Å². The van der Waals surface area contributed by atoms with Gasteiger partial charge in [0.1, 0.15) is 0 Å². The number of fused-ring (bicyclic) bond motifs is 1. The van der Waals surface area contributed by atoms with Crippen LogP contribution in [0.3, 0.4) is 0 Å². The van der Waals surface area contributed by atoms with Crippen molar-refractivity contribution in [3.8, 4) is 16.9 Å². The first-order valence-electron chi connectivity index (χ1n) is 10.2. The number of aryl methyl sites for hydroxylation is 1. The fourth-order valence-corrected chi connectivity index (χ4v) is 3.75. The van der Waals surface area contributed by atoms with E-state index in [1.54, 1.807) is 20.1 Å². The lowest BCUT2D eigenvalue weighted by Gasteiger charge is -2.07. The van der Waals surface area contributed by atoms with Gasteiger partial charge in [-0.15, -0.1) is 10.2 Å². The van der Waals surface area contributed by atoms with Crippen LogP contribution in [0.1, 0.15) is 11.4 Å². The van der Waals surface area contributed by atoms with Gasteiger partial charge >= 0.3 is 0 Å². The molecule has 8 nitrogen and oxygen atoms in total. The highest BCUT2D eigenvalue weighted by atomic mass is 16.1. The van der Waals surface area contributed by atoms with E-state index in [0.717, 1.165) is 22.6 Å². The van der Waals surface area contributed by atoms with E-state index in [-0.39, 0.29) is 11.2 Å². The zero-order chi connectivity index (χ0) is 22.2. The topological polar surface area (TPSA) is 81.8 Å². The molecule has 0 aliphatic rings. The largest absolute Gasteiger partial charge is 0.299 e. The lowest BCUT2D eigenvalue weighted by molar-refractivity contribution is 0.630. The molecular weight excluding hydrogens is 402 g/mol. The Bertz CT molecular complexity index is 1510. The summed E-state index contributed by atoms with van der Waals surface area (Å²) in [5.41, 5.74) is 5.28. The van der Waals surface area contributed by atoms with Gasteiger partial charge in [0.25, 0.3) is 5.56 Å². The van der Waals surface area contributed by atoms with E-state index in [1.807, 2.05) is 87.6 Å². The normalized spacial score (nSPS) is 11.6. The third kappa shape index (κ3) is 3.13. The van der Waals surface area contributed by atoms with Gasteiger partial charge in [0.15, 0.2) is 17.0 Å². The molecule has 0 radical (unpaired) electrons. The molecule has 5 aromatic rings. The van der Waals surface area contributed by atoms with E-state index in [4.69, 9.17) is 0 Å². The van der Waals surface area contributed by atoms with Gasteiger partial charge in [-0.1, -0.05) is 48.5 Å². The summed E-state index contributed by atoms with van der Waals surface area (Å²) in [6.45, 7) is 3.71. The fourth-order valence-electron chi connectivity index (χ4n) is 3.75. The van der Waals surface area contributed by atoms with Gasteiger partial charge in [-0.3, -0.25) is 9.48 Å². The minimum absolute atomic E-state index is 0.230. The molecular formula is C24H21N7O. The van der Waals surface area contributed by atoms with Gasteiger partial charge in [-0.05, 0) is 32.0 Å². The highest BCUT2D eigenvalue weighted by Crippen LogP contribution is 2.29. The second-order valence-corrected chi connectivity index (χ2v) is 7.48. The number of hydrogen-bond acceptors (Lipinski definition) is 5. The van der Waals surface area contributed by atoms with Crippen LogP contribution in [0.2, 0.25) is 0 Å². The molecule has 0 fully saturated rings. The first kappa shape index (κ1) is 19.6. The minimum atomic E-state index is -0.230. The Morgan fingerprint density at radius 1 is 0.844 bits per heavy atom. The van der Waals surface area contributed by atoms with Gasteiger partial charge < -0.3 is 0 Å². The second kappa shape index (κ2) is 7.73. The zero-order valence-corrected chi connectivity index (χ0v) is 18.0. The van der Waals surface area contributed by atoms with Crippen molar-refractivity contribution >= 4 is 17.0 Å². The number of nitrogens with zero attached hydrogens (tertiary/aromatic N) is 7. The van der Waals surface area contributed by atoms with E-state index >= 15 is 0 Å². The number of para-hydroxylation sites is 1. The molecule has 158 valence electrons. The summed E-state index contributed by atoms with van der Waals surface area (Å²) >= 11 is 0. The lowest BCUT2D eigenvalue weighted by Crippen LogP contribution is -2.19. The molecule has 0 saturated carbocycles. The molecule has 0 N–H and O–H groups in total. The monoisotopic (exact) mass is 423 g/mol. The van der Waals surface area contributed by atoms with Crippen molar-refractivity contribution in [2.45, 2.75) is 13.8 Å². The maximum Gasteiger partial charge on any atom is 0.299 e. The van der Waals surface area contributed by atoms with Crippen LogP contribution >= 0.6 is 0 Å². The highest BCUT2D eigenvalue weighted by molar-refractivity contribution is 5.71. The summed E-state index contributed by atoms with van der Waals surface area (Å²) in [5, 5.41) is 13.4. The van der Waals surface area contributed by atoms with Gasteiger partial charge in [0.05, 0.1) is 22.8 Å². The molecule has 0 aliphatic carbocycles. The van der Waals surface area contributed by atoms with Crippen LogP contribution in [0.25, 0.3) is 22.6 Å². The Morgan fingerprint density at radius 3 is 2.22 bits per heavy atom. The molecule has 0 amide bonds. The summed E-state index contributed by atoms with van der Waals surface area (Å²) in [6.07, 6.45) is 1.73. The molecule has 5 rings (SSSR count). The SMILES string of the molecule is Cc1nn2c(-c3ccccc3)ccnc2c1N=Nc1c(C)n(C)n(-c2ccccc2)c1=O.